The summed E-state index contributed by atoms with van der Waals surface area (Å²) in [6.45, 7) is 5.39. The van der Waals surface area contributed by atoms with Crippen LogP contribution in [0.25, 0.3) is 0 Å². The third kappa shape index (κ3) is 5.70. The van der Waals surface area contributed by atoms with Gasteiger partial charge in [-0.1, -0.05) is 30.3 Å². The van der Waals surface area contributed by atoms with Crippen LogP contribution in [0.5, 0.6) is 5.75 Å². The van der Waals surface area contributed by atoms with Gasteiger partial charge in [0, 0.05) is 19.6 Å². The lowest BCUT2D eigenvalue weighted by molar-refractivity contribution is 0.249. The van der Waals surface area contributed by atoms with Crippen molar-refractivity contribution in [2.24, 2.45) is 0 Å². The zero-order chi connectivity index (χ0) is 19.3. The van der Waals surface area contributed by atoms with Crippen molar-refractivity contribution in [1.29, 1.82) is 0 Å². The topological polar surface area (TPSA) is 58.6 Å². The largest absolute Gasteiger partial charge is 0.495 e. The molecule has 2 aromatic carbocycles. The molecule has 154 valence electrons. The quantitative estimate of drug-likeness (QED) is 0.658. The van der Waals surface area contributed by atoms with Gasteiger partial charge in [-0.15, -0.1) is 12.4 Å². The minimum absolute atomic E-state index is 0. The van der Waals surface area contributed by atoms with E-state index in [-0.39, 0.29) is 17.3 Å². The summed E-state index contributed by atoms with van der Waals surface area (Å²) in [5.41, 5.74) is 3.83. The van der Waals surface area contributed by atoms with E-state index in [0.717, 1.165) is 44.5 Å². The molecule has 0 aliphatic carbocycles. The molecule has 2 aromatic rings. The molecular weight excluding hydrogens is 396 g/mol. The van der Waals surface area contributed by atoms with Crippen LogP contribution in [0, 0.1) is 6.92 Å². The van der Waals surface area contributed by atoms with E-state index in [0.29, 0.717) is 12.3 Å². The Bertz CT molecular complexity index is 887. The Hall–Kier alpha value is -1.60. The standard InChI is InChI=1S/C21H28N2O3S.ClH/c1-17-9-10-21(20(15-17)26-2)27(24,25)22-12-5-6-13-23-14-11-18-7-3-4-8-19(18)16-23;/h3-4,7-10,15,22H,5-6,11-14,16H2,1-2H3;1H. The first-order chi connectivity index (χ1) is 13.0. The zero-order valence-corrected chi connectivity index (χ0v) is 18.1. The summed E-state index contributed by atoms with van der Waals surface area (Å²) >= 11 is 0. The van der Waals surface area contributed by atoms with E-state index in [4.69, 9.17) is 4.74 Å². The molecular formula is C21H29ClN2O3S. The van der Waals surface area contributed by atoms with E-state index < -0.39 is 10.0 Å². The molecule has 1 aliphatic rings. The first-order valence-electron chi connectivity index (χ1n) is 9.43. The van der Waals surface area contributed by atoms with Crippen LogP contribution in [0.3, 0.4) is 0 Å². The fourth-order valence-electron chi connectivity index (χ4n) is 3.49. The lowest BCUT2D eigenvalue weighted by atomic mass is 10.00. The molecule has 0 aromatic heterocycles. The highest BCUT2D eigenvalue weighted by molar-refractivity contribution is 7.89. The first kappa shape index (κ1) is 22.7. The normalized spacial score (nSPS) is 14.2. The van der Waals surface area contributed by atoms with E-state index in [1.807, 2.05) is 6.92 Å². The van der Waals surface area contributed by atoms with Crippen molar-refractivity contribution >= 4 is 22.4 Å². The van der Waals surface area contributed by atoms with E-state index in [1.54, 1.807) is 18.2 Å². The number of unbranched alkanes of at least 4 members (excludes halogenated alkanes) is 1. The second-order valence-corrected chi connectivity index (χ2v) is 8.79. The molecule has 0 saturated carbocycles. The Morgan fingerprint density at radius 2 is 1.86 bits per heavy atom. The highest BCUT2D eigenvalue weighted by atomic mass is 35.5. The van der Waals surface area contributed by atoms with Crippen molar-refractivity contribution in [3.8, 4) is 5.75 Å². The Morgan fingerprint density at radius 1 is 1.11 bits per heavy atom. The number of nitrogens with one attached hydrogen (secondary N) is 1. The highest BCUT2D eigenvalue weighted by Gasteiger charge is 2.19. The zero-order valence-electron chi connectivity index (χ0n) is 16.5. The number of halogens is 1. The van der Waals surface area contributed by atoms with Gasteiger partial charge in [0.1, 0.15) is 10.6 Å². The maximum absolute atomic E-state index is 12.5. The van der Waals surface area contributed by atoms with Crippen LogP contribution in [0.2, 0.25) is 0 Å². The maximum Gasteiger partial charge on any atom is 0.244 e. The van der Waals surface area contributed by atoms with Gasteiger partial charge in [0.25, 0.3) is 0 Å². The molecule has 1 N–H and O–H groups in total. The average Bonchev–Trinajstić information content (AvgIpc) is 2.67. The van der Waals surface area contributed by atoms with Gasteiger partial charge < -0.3 is 4.74 Å². The summed E-state index contributed by atoms with van der Waals surface area (Å²) in [4.78, 5) is 2.64. The smallest absolute Gasteiger partial charge is 0.244 e. The Balaban J connectivity index is 0.00000280. The lowest BCUT2D eigenvalue weighted by Gasteiger charge is -2.28. The molecule has 0 atom stereocenters. The second kappa shape index (κ2) is 10.3. The fourth-order valence-corrected chi connectivity index (χ4v) is 4.71. The Kier molecular flexibility index (Phi) is 8.31. The van der Waals surface area contributed by atoms with Gasteiger partial charge in [-0.25, -0.2) is 13.1 Å². The van der Waals surface area contributed by atoms with Crippen LogP contribution in [0.4, 0.5) is 0 Å². The van der Waals surface area contributed by atoms with Gasteiger partial charge in [-0.3, -0.25) is 4.90 Å². The van der Waals surface area contributed by atoms with Gasteiger partial charge in [-0.05, 0) is 61.6 Å². The number of sulfonamides is 1. The first-order valence-corrected chi connectivity index (χ1v) is 10.9. The van der Waals surface area contributed by atoms with Crippen molar-refractivity contribution in [3.63, 3.8) is 0 Å². The van der Waals surface area contributed by atoms with Crippen molar-refractivity contribution in [2.45, 2.75) is 37.6 Å². The van der Waals surface area contributed by atoms with E-state index in [1.165, 1.54) is 18.2 Å². The number of hydrogen-bond donors (Lipinski definition) is 1. The van der Waals surface area contributed by atoms with Crippen molar-refractivity contribution in [1.82, 2.24) is 9.62 Å². The summed E-state index contributed by atoms with van der Waals surface area (Å²) in [5, 5.41) is 0. The molecule has 0 bridgehead atoms. The third-order valence-electron chi connectivity index (χ3n) is 5.01. The summed E-state index contributed by atoms with van der Waals surface area (Å²) in [6.07, 6.45) is 2.87. The number of fused-ring (bicyclic) bond motifs is 1. The van der Waals surface area contributed by atoms with Crippen LogP contribution in [0.15, 0.2) is 47.4 Å². The Morgan fingerprint density at radius 3 is 2.61 bits per heavy atom. The number of aryl methyl sites for hydroxylation is 1. The third-order valence-corrected chi connectivity index (χ3v) is 6.51. The highest BCUT2D eigenvalue weighted by Crippen LogP contribution is 2.24. The molecule has 0 radical (unpaired) electrons. The van der Waals surface area contributed by atoms with Gasteiger partial charge >= 0.3 is 0 Å². The molecule has 1 aliphatic heterocycles. The molecule has 0 saturated heterocycles. The number of hydrogen-bond acceptors (Lipinski definition) is 4. The van der Waals surface area contributed by atoms with Crippen LogP contribution in [-0.2, 0) is 23.0 Å². The predicted molar refractivity (Wildman–Crippen MR) is 115 cm³/mol. The molecule has 0 unspecified atom stereocenters. The molecule has 0 amide bonds. The summed E-state index contributed by atoms with van der Waals surface area (Å²) < 4.78 is 33.0. The van der Waals surface area contributed by atoms with Crippen LogP contribution < -0.4 is 9.46 Å². The van der Waals surface area contributed by atoms with Crippen LogP contribution in [0.1, 0.15) is 29.5 Å². The molecule has 3 rings (SSSR count). The monoisotopic (exact) mass is 424 g/mol. The number of rotatable bonds is 8. The van der Waals surface area contributed by atoms with E-state index in [9.17, 15) is 8.42 Å². The lowest BCUT2D eigenvalue weighted by Crippen LogP contribution is -2.32. The van der Waals surface area contributed by atoms with Crippen LogP contribution >= 0.6 is 12.4 Å². The second-order valence-electron chi connectivity index (χ2n) is 7.05. The van der Waals surface area contributed by atoms with Crippen LogP contribution in [-0.4, -0.2) is 40.1 Å². The SMILES string of the molecule is COc1cc(C)ccc1S(=O)(=O)NCCCCN1CCc2ccccc2C1.Cl. The van der Waals surface area contributed by atoms with Crippen molar-refractivity contribution in [2.75, 3.05) is 26.7 Å². The number of nitrogens with zero attached hydrogens (tertiary/aromatic N) is 1. The van der Waals surface area contributed by atoms with Gasteiger partial charge in [-0.2, -0.15) is 0 Å². The van der Waals surface area contributed by atoms with Crippen molar-refractivity contribution < 1.29 is 13.2 Å². The van der Waals surface area contributed by atoms with E-state index in [2.05, 4.69) is 33.9 Å². The number of ether oxygens (including phenoxy) is 1. The summed E-state index contributed by atoms with van der Waals surface area (Å²) in [7, 11) is -2.06. The molecule has 1 heterocycles. The van der Waals surface area contributed by atoms with Gasteiger partial charge in [0.05, 0.1) is 7.11 Å². The fraction of sp³-hybridized carbons (Fsp3) is 0.429. The van der Waals surface area contributed by atoms with E-state index >= 15 is 0 Å². The minimum Gasteiger partial charge on any atom is -0.495 e. The molecule has 0 fully saturated rings. The average molecular weight is 425 g/mol. The molecule has 28 heavy (non-hydrogen) atoms. The minimum atomic E-state index is -3.55. The molecule has 5 nitrogen and oxygen atoms in total. The van der Waals surface area contributed by atoms with Crippen molar-refractivity contribution in [3.05, 3.63) is 59.2 Å². The number of benzene rings is 2. The summed E-state index contributed by atoms with van der Waals surface area (Å²) in [6, 6.07) is 13.7. The summed E-state index contributed by atoms with van der Waals surface area (Å²) in [5.74, 6) is 0.384. The Labute approximate surface area is 174 Å². The predicted octanol–water partition coefficient (Wildman–Crippen LogP) is 3.54. The van der Waals surface area contributed by atoms with Gasteiger partial charge in [0.2, 0.25) is 10.0 Å². The molecule has 0 spiro atoms. The van der Waals surface area contributed by atoms with Gasteiger partial charge in [0.15, 0.2) is 0 Å². The number of methoxy groups -OCH3 is 1. The molecule has 7 heteroatoms. The maximum atomic E-state index is 12.5.